The van der Waals surface area contributed by atoms with Gasteiger partial charge in [0, 0.05) is 0 Å². The van der Waals surface area contributed by atoms with Crippen molar-refractivity contribution in [1.29, 1.82) is 0 Å². The van der Waals surface area contributed by atoms with E-state index < -0.39 is 5.60 Å². The molecule has 0 spiro atoms. The summed E-state index contributed by atoms with van der Waals surface area (Å²) in [6, 6.07) is 0. The van der Waals surface area contributed by atoms with Crippen LogP contribution in [0.1, 0.15) is 46.5 Å². The fraction of sp³-hybridized carbons (Fsp3) is 0.650. The third kappa shape index (κ3) is 2.32. The van der Waals surface area contributed by atoms with Gasteiger partial charge in [-0.15, -0.1) is 0 Å². The number of aldehydes is 1. The molecule has 2 nitrogen and oxygen atoms in total. The van der Waals surface area contributed by atoms with Gasteiger partial charge in [-0.2, -0.15) is 0 Å². The molecule has 3 aliphatic rings. The molecule has 0 amide bonds. The minimum absolute atomic E-state index is 0.164. The number of carbonyl (C=O) groups is 1. The number of fused-ring (bicyclic) bond motifs is 3. The number of allylic oxidation sites excluding steroid dienone is 5. The van der Waals surface area contributed by atoms with Crippen LogP contribution in [0.4, 0.5) is 0 Å². The van der Waals surface area contributed by atoms with Gasteiger partial charge >= 0.3 is 0 Å². The Bertz CT molecular complexity index is 554. The summed E-state index contributed by atoms with van der Waals surface area (Å²) >= 11 is 0. The van der Waals surface area contributed by atoms with Crippen molar-refractivity contribution in [2.24, 2.45) is 29.1 Å². The van der Waals surface area contributed by atoms with E-state index in [1.165, 1.54) is 12.0 Å². The van der Waals surface area contributed by atoms with E-state index in [-0.39, 0.29) is 5.41 Å². The van der Waals surface area contributed by atoms with Gasteiger partial charge in [0.1, 0.15) is 6.29 Å². The van der Waals surface area contributed by atoms with E-state index >= 15 is 0 Å². The number of carbonyl (C=O) groups excluding carboxylic acids is 1. The van der Waals surface area contributed by atoms with Crippen molar-refractivity contribution in [2.75, 3.05) is 0 Å². The standard InChI is InChI=1S/C20H28O2/c1-13(12-21)6-5-10-19(3)16-8-7-14(2)15-9-11-20(4,22)17(15)18(16)19/h5-6,10,12,15-18,22H,2,7-9,11H2,1,3-4H3/b10-5+,13-6-/t15-,16-,17+,18+,19-,20-/m1/s1. The van der Waals surface area contributed by atoms with Crippen molar-refractivity contribution < 1.29 is 9.90 Å². The Balaban J connectivity index is 1.86. The predicted molar refractivity (Wildman–Crippen MR) is 89.3 cm³/mol. The molecule has 3 aliphatic carbocycles. The summed E-state index contributed by atoms with van der Waals surface area (Å²) in [4.78, 5) is 10.7. The summed E-state index contributed by atoms with van der Waals surface area (Å²) in [7, 11) is 0. The first-order valence-corrected chi connectivity index (χ1v) is 8.52. The molecule has 3 fully saturated rings. The van der Waals surface area contributed by atoms with Crippen molar-refractivity contribution in [1.82, 2.24) is 0 Å². The maximum Gasteiger partial charge on any atom is 0.145 e. The molecule has 0 aliphatic heterocycles. The van der Waals surface area contributed by atoms with Crippen LogP contribution in [0.15, 0.2) is 36.0 Å². The van der Waals surface area contributed by atoms with Crippen LogP contribution in [0.3, 0.4) is 0 Å². The molecule has 6 atom stereocenters. The van der Waals surface area contributed by atoms with Crippen LogP contribution in [0.2, 0.25) is 0 Å². The number of rotatable bonds is 3. The fourth-order valence-electron chi connectivity index (χ4n) is 5.32. The van der Waals surface area contributed by atoms with E-state index in [4.69, 9.17) is 0 Å². The van der Waals surface area contributed by atoms with E-state index in [2.05, 4.69) is 19.6 Å². The molecule has 3 rings (SSSR count). The van der Waals surface area contributed by atoms with Crippen LogP contribution in [0, 0.1) is 29.1 Å². The van der Waals surface area contributed by atoms with Gasteiger partial charge in [0.25, 0.3) is 0 Å². The first-order chi connectivity index (χ1) is 10.3. The highest BCUT2D eigenvalue weighted by Gasteiger charge is 2.68. The molecule has 22 heavy (non-hydrogen) atoms. The van der Waals surface area contributed by atoms with Gasteiger partial charge < -0.3 is 5.11 Å². The Morgan fingerprint density at radius 2 is 2.05 bits per heavy atom. The summed E-state index contributed by atoms with van der Waals surface area (Å²) in [5, 5.41) is 10.9. The highest BCUT2D eigenvalue weighted by molar-refractivity contribution is 5.72. The first-order valence-electron chi connectivity index (χ1n) is 8.52. The van der Waals surface area contributed by atoms with Gasteiger partial charge in [-0.3, -0.25) is 4.79 Å². The van der Waals surface area contributed by atoms with Crippen molar-refractivity contribution >= 4 is 6.29 Å². The Labute approximate surface area is 134 Å². The molecule has 0 heterocycles. The minimum Gasteiger partial charge on any atom is -0.390 e. The zero-order chi connectivity index (χ0) is 16.1. The summed E-state index contributed by atoms with van der Waals surface area (Å²) in [6.45, 7) is 10.5. The van der Waals surface area contributed by atoms with Crippen LogP contribution in [-0.4, -0.2) is 17.0 Å². The van der Waals surface area contributed by atoms with E-state index in [0.717, 1.165) is 31.1 Å². The lowest BCUT2D eigenvalue weighted by molar-refractivity contribution is -0.104. The Hall–Kier alpha value is -1.15. The molecule has 0 aromatic heterocycles. The largest absolute Gasteiger partial charge is 0.390 e. The quantitative estimate of drug-likeness (QED) is 0.369. The van der Waals surface area contributed by atoms with Crippen LogP contribution in [0.5, 0.6) is 0 Å². The van der Waals surface area contributed by atoms with Crippen LogP contribution < -0.4 is 0 Å². The lowest BCUT2D eigenvalue weighted by atomic mass is 9.77. The SMILES string of the molecule is C=C1CC[C@@H]2[C@@H]([C@@H]3[C@@H]1CC[C@@]3(C)O)[C@]2(C)/C=C/C=C(/C)C=O. The van der Waals surface area contributed by atoms with Crippen LogP contribution >= 0.6 is 0 Å². The highest BCUT2D eigenvalue weighted by Crippen LogP contribution is 2.72. The predicted octanol–water partition coefficient (Wildman–Crippen LogP) is 4.07. The molecule has 0 saturated heterocycles. The second-order valence-electron chi connectivity index (χ2n) is 8.11. The maximum atomic E-state index is 10.9. The average molecular weight is 300 g/mol. The average Bonchev–Trinajstić information content (AvgIpc) is 2.95. The zero-order valence-corrected chi connectivity index (χ0v) is 14.0. The normalized spacial score (nSPS) is 48.0. The lowest BCUT2D eigenvalue weighted by Gasteiger charge is -2.31. The second kappa shape index (κ2) is 5.19. The number of hydrogen-bond acceptors (Lipinski definition) is 2. The maximum absolute atomic E-state index is 10.9. The third-order valence-electron chi connectivity index (χ3n) is 6.64. The number of aliphatic hydroxyl groups is 1. The molecule has 0 aromatic rings. The van der Waals surface area contributed by atoms with E-state index in [9.17, 15) is 9.90 Å². The topological polar surface area (TPSA) is 37.3 Å². The fourth-order valence-corrected chi connectivity index (χ4v) is 5.32. The third-order valence-corrected chi connectivity index (χ3v) is 6.64. The molecular formula is C20H28O2. The molecule has 1 N–H and O–H groups in total. The lowest BCUT2D eigenvalue weighted by Crippen LogP contribution is -2.35. The van der Waals surface area contributed by atoms with E-state index in [1.54, 1.807) is 0 Å². The summed E-state index contributed by atoms with van der Waals surface area (Å²) < 4.78 is 0. The van der Waals surface area contributed by atoms with Gasteiger partial charge in [0.15, 0.2) is 0 Å². The van der Waals surface area contributed by atoms with Gasteiger partial charge in [-0.25, -0.2) is 0 Å². The van der Waals surface area contributed by atoms with Gasteiger partial charge in [-0.05, 0) is 74.2 Å². The van der Waals surface area contributed by atoms with Crippen LogP contribution in [-0.2, 0) is 4.79 Å². The Morgan fingerprint density at radius 3 is 2.73 bits per heavy atom. The molecule has 0 unspecified atom stereocenters. The molecular weight excluding hydrogens is 272 g/mol. The number of hydrogen-bond donors (Lipinski definition) is 1. The molecule has 0 aromatic carbocycles. The molecule has 3 saturated carbocycles. The second-order valence-corrected chi connectivity index (χ2v) is 8.11. The van der Waals surface area contributed by atoms with Gasteiger partial charge in [0.05, 0.1) is 5.60 Å². The highest BCUT2D eigenvalue weighted by atomic mass is 16.3. The molecule has 0 radical (unpaired) electrons. The molecule has 2 heteroatoms. The molecule has 0 bridgehead atoms. The zero-order valence-electron chi connectivity index (χ0n) is 14.0. The summed E-state index contributed by atoms with van der Waals surface area (Å²) in [5.41, 5.74) is 1.72. The monoisotopic (exact) mass is 300 g/mol. The summed E-state index contributed by atoms with van der Waals surface area (Å²) in [5.74, 6) is 2.03. The first kappa shape index (κ1) is 15.7. The van der Waals surface area contributed by atoms with E-state index in [0.29, 0.717) is 23.7 Å². The molecule has 120 valence electrons. The van der Waals surface area contributed by atoms with Crippen LogP contribution in [0.25, 0.3) is 0 Å². The van der Waals surface area contributed by atoms with Crippen molar-refractivity contribution in [3.05, 3.63) is 36.0 Å². The summed E-state index contributed by atoms with van der Waals surface area (Å²) in [6.07, 6.45) is 11.4. The smallest absolute Gasteiger partial charge is 0.145 e. The Morgan fingerprint density at radius 1 is 1.32 bits per heavy atom. The van der Waals surface area contributed by atoms with Crippen molar-refractivity contribution in [3.8, 4) is 0 Å². The van der Waals surface area contributed by atoms with E-state index in [1.807, 2.05) is 26.0 Å². The van der Waals surface area contributed by atoms with Gasteiger partial charge in [0.2, 0.25) is 0 Å². The minimum atomic E-state index is -0.555. The van der Waals surface area contributed by atoms with Crippen molar-refractivity contribution in [2.45, 2.75) is 52.1 Å². The van der Waals surface area contributed by atoms with Gasteiger partial charge in [-0.1, -0.05) is 37.3 Å². The Kier molecular flexibility index (Phi) is 3.71. The van der Waals surface area contributed by atoms with Crippen molar-refractivity contribution in [3.63, 3.8) is 0 Å².